The fraction of sp³-hybridized carbons (Fsp3) is 0.179. The average molecular weight is 483 g/mol. The van der Waals surface area contributed by atoms with Crippen LogP contribution in [0.3, 0.4) is 0 Å². The van der Waals surface area contributed by atoms with Crippen molar-refractivity contribution in [1.82, 2.24) is 20.1 Å². The highest BCUT2D eigenvalue weighted by atomic mass is 16.5. The number of para-hydroxylation sites is 1. The molecular weight excluding hydrogens is 456 g/mol. The topological polar surface area (TPSA) is 101 Å². The molecule has 1 atom stereocenters. The maximum atomic E-state index is 13.6. The number of carbonyl (C=O) groups excluding carboxylic acids is 1. The van der Waals surface area contributed by atoms with Crippen molar-refractivity contribution < 1.29 is 19.4 Å². The molecule has 2 aromatic carbocycles. The van der Waals surface area contributed by atoms with E-state index < -0.39 is 6.04 Å². The lowest BCUT2D eigenvalue weighted by Crippen LogP contribution is -2.29. The van der Waals surface area contributed by atoms with Crippen LogP contribution in [0.5, 0.6) is 17.2 Å². The average Bonchev–Trinajstić information content (AvgIpc) is 3.43. The number of benzene rings is 2. The van der Waals surface area contributed by atoms with Crippen LogP contribution in [-0.2, 0) is 6.54 Å². The molecule has 1 aliphatic heterocycles. The van der Waals surface area contributed by atoms with Crippen LogP contribution in [0.4, 0.5) is 0 Å². The van der Waals surface area contributed by atoms with Gasteiger partial charge in [-0.1, -0.05) is 36.9 Å². The molecule has 0 saturated carbocycles. The standard InChI is InChI=1S/C28H26N4O4/c1-3-14-36-22-12-11-19(15-23(22)35-4-2)27-24-25(20-9-5-6-10-21(20)33)30-31-26(24)28(34)32(27)17-18-8-7-13-29-16-18/h3,5-13,15-16,27,33H,1,4,14,17H2,2H3,(H,30,31). The minimum atomic E-state index is -0.478. The van der Waals surface area contributed by atoms with E-state index in [0.717, 1.165) is 11.1 Å². The summed E-state index contributed by atoms with van der Waals surface area (Å²) in [5.41, 5.74) is 3.90. The van der Waals surface area contributed by atoms with Gasteiger partial charge in [0.15, 0.2) is 11.5 Å². The molecular formula is C28H26N4O4. The number of ether oxygens (including phenoxy) is 2. The van der Waals surface area contributed by atoms with Gasteiger partial charge in [0, 0.05) is 30.1 Å². The minimum absolute atomic E-state index is 0.0897. The Morgan fingerprint density at radius 2 is 2.00 bits per heavy atom. The summed E-state index contributed by atoms with van der Waals surface area (Å²) in [6.07, 6.45) is 5.12. The lowest BCUT2D eigenvalue weighted by molar-refractivity contribution is 0.0729. The van der Waals surface area contributed by atoms with Gasteiger partial charge in [-0.3, -0.25) is 14.9 Å². The number of fused-ring (bicyclic) bond motifs is 1. The van der Waals surface area contributed by atoms with E-state index in [1.165, 1.54) is 0 Å². The van der Waals surface area contributed by atoms with Crippen molar-refractivity contribution in [2.75, 3.05) is 13.2 Å². The van der Waals surface area contributed by atoms with Crippen LogP contribution in [0.2, 0.25) is 0 Å². The van der Waals surface area contributed by atoms with Crippen molar-refractivity contribution in [3.05, 3.63) is 102 Å². The molecule has 5 rings (SSSR count). The number of aromatic amines is 1. The van der Waals surface area contributed by atoms with E-state index in [2.05, 4.69) is 21.8 Å². The van der Waals surface area contributed by atoms with E-state index in [-0.39, 0.29) is 11.7 Å². The second-order valence-corrected chi connectivity index (χ2v) is 8.31. The van der Waals surface area contributed by atoms with E-state index in [9.17, 15) is 9.90 Å². The number of aromatic nitrogens is 3. The second-order valence-electron chi connectivity index (χ2n) is 8.31. The quantitative estimate of drug-likeness (QED) is 0.330. The molecule has 1 amide bonds. The minimum Gasteiger partial charge on any atom is -0.507 e. The predicted molar refractivity (Wildman–Crippen MR) is 135 cm³/mol. The van der Waals surface area contributed by atoms with Gasteiger partial charge >= 0.3 is 0 Å². The first-order valence-corrected chi connectivity index (χ1v) is 11.7. The summed E-state index contributed by atoms with van der Waals surface area (Å²) in [6, 6.07) is 15.9. The van der Waals surface area contributed by atoms with Crippen LogP contribution < -0.4 is 9.47 Å². The monoisotopic (exact) mass is 482 g/mol. The first kappa shape index (κ1) is 23.2. The third-order valence-electron chi connectivity index (χ3n) is 6.04. The summed E-state index contributed by atoms with van der Waals surface area (Å²) in [4.78, 5) is 19.6. The first-order valence-electron chi connectivity index (χ1n) is 11.7. The van der Waals surface area contributed by atoms with Gasteiger partial charge in [-0.25, -0.2) is 0 Å². The van der Waals surface area contributed by atoms with Crippen molar-refractivity contribution in [3.8, 4) is 28.5 Å². The SMILES string of the molecule is C=CCOc1ccc(C2c3c(-c4ccccc4O)n[nH]c3C(=O)N2Cc2cccnc2)cc1OCC. The lowest BCUT2D eigenvalue weighted by atomic mass is 9.95. The van der Waals surface area contributed by atoms with Crippen molar-refractivity contribution in [2.45, 2.75) is 19.5 Å². The maximum Gasteiger partial charge on any atom is 0.273 e. The van der Waals surface area contributed by atoms with E-state index >= 15 is 0 Å². The molecule has 0 radical (unpaired) electrons. The van der Waals surface area contributed by atoms with Gasteiger partial charge in [0.25, 0.3) is 5.91 Å². The molecule has 0 bridgehead atoms. The Labute approximate surface area is 208 Å². The molecule has 1 aliphatic rings. The summed E-state index contributed by atoms with van der Waals surface area (Å²) in [5.74, 6) is 1.08. The molecule has 3 heterocycles. The highest BCUT2D eigenvalue weighted by Crippen LogP contribution is 2.46. The van der Waals surface area contributed by atoms with Crippen LogP contribution in [-0.4, -0.2) is 44.3 Å². The van der Waals surface area contributed by atoms with Crippen molar-refractivity contribution in [3.63, 3.8) is 0 Å². The highest BCUT2D eigenvalue weighted by Gasteiger charge is 2.42. The number of H-pyrrole nitrogens is 1. The summed E-state index contributed by atoms with van der Waals surface area (Å²) in [6.45, 7) is 6.76. The molecule has 1 unspecified atom stereocenters. The Hall–Kier alpha value is -4.59. The Morgan fingerprint density at radius 3 is 2.75 bits per heavy atom. The fourth-order valence-electron chi connectivity index (χ4n) is 4.50. The van der Waals surface area contributed by atoms with Gasteiger partial charge in [-0.05, 0) is 48.4 Å². The molecule has 0 spiro atoms. The zero-order chi connectivity index (χ0) is 25.1. The number of rotatable bonds is 9. The number of hydrogen-bond acceptors (Lipinski definition) is 6. The molecule has 2 aromatic heterocycles. The van der Waals surface area contributed by atoms with E-state index in [1.807, 2.05) is 43.3 Å². The maximum absolute atomic E-state index is 13.6. The van der Waals surface area contributed by atoms with Crippen LogP contribution >= 0.6 is 0 Å². The number of amides is 1. The third-order valence-corrected chi connectivity index (χ3v) is 6.04. The number of carbonyl (C=O) groups is 1. The molecule has 8 nitrogen and oxygen atoms in total. The molecule has 0 fully saturated rings. The summed E-state index contributed by atoms with van der Waals surface area (Å²) < 4.78 is 11.7. The van der Waals surface area contributed by atoms with Gasteiger partial charge in [0.05, 0.1) is 12.6 Å². The molecule has 4 aromatic rings. The normalized spacial score (nSPS) is 14.5. The molecule has 182 valence electrons. The van der Waals surface area contributed by atoms with Crippen molar-refractivity contribution >= 4 is 5.91 Å². The van der Waals surface area contributed by atoms with Crippen LogP contribution in [0.15, 0.2) is 79.6 Å². The summed E-state index contributed by atoms with van der Waals surface area (Å²) >= 11 is 0. The third kappa shape index (κ3) is 4.17. The van der Waals surface area contributed by atoms with E-state index in [4.69, 9.17) is 9.47 Å². The van der Waals surface area contributed by atoms with Crippen molar-refractivity contribution in [2.24, 2.45) is 0 Å². The van der Waals surface area contributed by atoms with Crippen LogP contribution in [0.1, 0.15) is 40.1 Å². The number of nitrogens with one attached hydrogen (secondary N) is 1. The number of phenols is 1. The number of pyridine rings is 1. The summed E-state index contributed by atoms with van der Waals surface area (Å²) in [7, 11) is 0. The van der Waals surface area contributed by atoms with Gasteiger partial charge in [0.1, 0.15) is 23.7 Å². The van der Waals surface area contributed by atoms with Crippen molar-refractivity contribution in [1.29, 1.82) is 0 Å². The lowest BCUT2D eigenvalue weighted by Gasteiger charge is -2.27. The Balaban J connectivity index is 1.65. The predicted octanol–water partition coefficient (Wildman–Crippen LogP) is 4.89. The van der Waals surface area contributed by atoms with Crippen LogP contribution in [0.25, 0.3) is 11.3 Å². The first-order chi connectivity index (χ1) is 17.6. The number of nitrogens with zero attached hydrogens (tertiary/aromatic N) is 3. The second kappa shape index (κ2) is 9.95. The van der Waals surface area contributed by atoms with Gasteiger partial charge < -0.3 is 19.5 Å². The van der Waals surface area contributed by atoms with Gasteiger partial charge in [-0.2, -0.15) is 5.10 Å². The largest absolute Gasteiger partial charge is 0.507 e. The molecule has 36 heavy (non-hydrogen) atoms. The zero-order valence-electron chi connectivity index (χ0n) is 19.8. The van der Waals surface area contributed by atoms with Gasteiger partial charge in [0.2, 0.25) is 0 Å². The van der Waals surface area contributed by atoms with Crippen LogP contribution in [0, 0.1) is 0 Å². The van der Waals surface area contributed by atoms with E-state index in [0.29, 0.717) is 53.8 Å². The highest BCUT2D eigenvalue weighted by molar-refractivity contribution is 6.00. The van der Waals surface area contributed by atoms with Gasteiger partial charge in [-0.15, -0.1) is 0 Å². The summed E-state index contributed by atoms with van der Waals surface area (Å²) in [5, 5.41) is 17.9. The molecule has 2 N–H and O–H groups in total. The number of phenolic OH excluding ortho intramolecular Hbond substituents is 1. The fourth-order valence-corrected chi connectivity index (χ4v) is 4.50. The smallest absolute Gasteiger partial charge is 0.273 e. The zero-order valence-corrected chi connectivity index (χ0v) is 19.8. The Morgan fingerprint density at radius 1 is 1.14 bits per heavy atom. The number of hydrogen-bond donors (Lipinski definition) is 2. The van der Waals surface area contributed by atoms with E-state index in [1.54, 1.807) is 41.6 Å². The Bertz CT molecular complexity index is 1400. The molecule has 8 heteroatoms. The molecule has 0 saturated heterocycles. The molecule has 0 aliphatic carbocycles. The number of aromatic hydroxyl groups is 1. The Kier molecular flexibility index (Phi) is 6.40.